The monoisotopic (exact) mass is 231 g/mol. The molecule has 0 saturated carbocycles. The van der Waals surface area contributed by atoms with Crippen molar-refractivity contribution < 1.29 is 9.90 Å². The number of nitrogens with zero attached hydrogens (tertiary/aromatic N) is 1. The summed E-state index contributed by atoms with van der Waals surface area (Å²) in [5.74, 6) is -0.325. The van der Waals surface area contributed by atoms with E-state index in [1.54, 1.807) is 6.08 Å². The molecule has 0 radical (unpaired) electrons. The minimum Gasteiger partial charge on any atom is -0.478 e. The van der Waals surface area contributed by atoms with Gasteiger partial charge in [0.1, 0.15) is 0 Å². The van der Waals surface area contributed by atoms with Crippen LogP contribution in [0.2, 0.25) is 0 Å². The standard InChI is InChI=1S/C14H17NO2/c1-15-8-7-13(10-15)12-4-2-3-11(9-12)5-6-14(16)17/h2-6,9,13H,7-8,10H2,1H3,(H,16,17)/b6-5+. The molecular formula is C14H17NO2. The summed E-state index contributed by atoms with van der Waals surface area (Å²) < 4.78 is 0. The third-order valence-corrected chi connectivity index (χ3v) is 3.19. The number of carboxylic acid groups (broad SMARTS) is 1. The Morgan fingerprint density at radius 1 is 1.53 bits per heavy atom. The summed E-state index contributed by atoms with van der Waals surface area (Å²) in [6, 6.07) is 8.14. The van der Waals surface area contributed by atoms with Gasteiger partial charge in [-0.2, -0.15) is 0 Å². The molecule has 1 heterocycles. The van der Waals surface area contributed by atoms with Crippen LogP contribution in [0.4, 0.5) is 0 Å². The highest BCUT2D eigenvalue weighted by Gasteiger charge is 2.20. The van der Waals surface area contributed by atoms with Gasteiger partial charge in [-0.1, -0.05) is 24.3 Å². The topological polar surface area (TPSA) is 40.5 Å². The van der Waals surface area contributed by atoms with E-state index in [0.717, 1.165) is 18.7 Å². The number of hydrogen-bond acceptors (Lipinski definition) is 2. The van der Waals surface area contributed by atoms with Crippen LogP contribution in [0.15, 0.2) is 30.3 Å². The van der Waals surface area contributed by atoms with Gasteiger partial charge >= 0.3 is 5.97 Å². The fourth-order valence-corrected chi connectivity index (χ4v) is 2.29. The number of likely N-dealkylation sites (tertiary alicyclic amines) is 1. The van der Waals surface area contributed by atoms with Crippen LogP contribution in [0, 0.1) is 0 Å². The Morgan fingerprint density at radius 3 is 3.00 bits per heavy atom. The first-order chi connectivity index (χ1) is 8.15. The molecular weight excluding hydrogens is 214 g/mol. The zero-order valence-electron chi connectivity index (χ0n) is 9.97. The highest BCUT2D eigenvalue weighted by molar-refractivity contribution is 5.85. The molecule has 1 aliphatic rings. The first kappa shape index (κ1) is 11.9. The molecule has 2 rings (SSSR count). The molecule has 90 valence electrons. The predicted octanol–water partition coefficient (Wildman–Crippen LogP) is 2.20. The van der Waals surface area contributed by atoms with Crippen LogP contribution in [-0.4, -0.2) is 36.1 Å². The van der Waals surface area contributed by atoms with Crippen molar-refractivity contribution in [1.29, 1.82) is 0 Å². The molecule has 1 fully saturated rings. The second-order valence-corrected chi connectivity index (χ2v) is 4.59. The zero-order chi connectivity index (χ0) is 12.3. The molecule has 1 atom stereocenters. The minimum atomic E-state index is -0.906. The van der Waals surface area contributed by atoms with Crippen molar-refractivity contribution in [2.45, 2.75) is 12.3 Å². The minimum absolute atomic E-state index is 0.582. The van der Waals surface area contributed by atoms with E-state index in [4.69, 9.17) is 5.11 Å². The summed E-state index contributed by atoms with van der Waals surface area (Å²) in [6.45, 7) is 2.23. The van der Waals surface area contributed by atoms with E-state index in [9.17, 15) is 4.79 Å². The number of likely N-dealkylation sites (N-methyl/N-ethyl adjacent to an activating group) is 1. The molecule has 1 aromatic carbocycles. The molecule has 3 nitrogen and oxygen atoms in total. The first-order valence-electron chi connectivity index (χ1n) is 5.84. The molecule has 1 N–H and O–H groups in total. The lowest BCUT2D eigenvalue weighted by Crippen LogP contribution is -2.13. The fraction of sp³-hybridized carbons (Fsp3) is 0.357. The molecule has 1 aromatic rings. The number of carboxylic acids is 1. The Labute approximate surface area is 101 Å². The lowest BCUT2D eigenvalue weighted by atomic mass is 9.96. The summed E-state index contributed by atoms with van der Waals surface area (Å²) >= 11 is 0. The first-order valence-corrected chi connectivity index (χ1v) is 5.84. The third kappa shape index (κ3) is 3.17. The van der Waals surface area contributed by atoms with Gasteiger partial charge in [0, 0.05) is 12.6 Å². The van der Waals surface area contributed by atoms with Crippen LogP contribution in [0.5, 0.6) is 0 Å². The maximum absolute atomic E-state index is 10.5. The maximum atomic E-state index is 10.5. The second-order valence-electron chi connectivity index (χ2n) is 4.59. The van der Waals surface area contributed by atoms with Crippen LogP contribution in [0.25, 0.3) is 6.08 Å². The van der Waals surface area contributed by atoms with Crippen molar-refractivity contribution in [1.82, 2.24) is 4.90 Å². The molecule has 0 aliphatic carbocycles. The Kier molecular flexibility index (Phi) is 3.59. The average molecular weight is 231 g/mol. The van der Waals surface area contributed by atoms with Gasteiger partial charge in [-0.15, -0.1) is 0 Å². The second kappa shape index (κ2) is 5.15. The predicted molar refractivity (Wildman–Crippen MR) is 68.0 cm³/mol. The van der Waals surface area contributed by atoms with Crippen molar-refractivity contribution in [2.75, 3.05) is 20.1 Å². The van der Waals surface area contributed by atoms with Gasteiger partial charge in [-0.3, -0.25) is 0 Å². The highest BCUT2D eigenvalue weighted by Crippen LogP contribution is 2.26. The Bertz CT molecular complexity index is 440. The quantitative estimate of drug-likeness (QED) is 0.811. The molecule has 1 saturated heterocycles. The SMILES string of the molecule is CN1CCC(c2cccc(/C=C/C(=O)O)c2)C1. The van der Waals surface area contributed by atoms with E-state index in [1.807, 2.05) is 12.1 Å². The van der Waals surface area contributed by atoms with E-state index < -0.39 is 5.97 Å². The molecule has 17 heavy (non-hydrogen) atoms. The molecule has 1 unspecified atom stereocenters. The normalized spacial score (nSPS) is 21.1. The van der Waals surface area contributed by atoms with Gasteiger partial charge in [0.05, 0.1) is 0 Å². The van der Waals surface area contributed by atoms with E-state index >= 15 is 0 Å². The summed E-state index contributed by atoms with van der Waals surface area (Å²) in [5, 5.41) is 8.60. The van der Waals surface area contributed by atoms with E-state index in [-0.39, 0.29) is 0 Å². The van der Waals surface area contributed by atoms with Crippen molar-refractivity contribution in [3.8, 4) is 0 Å². The van der Waals surface area contributed by atoms with Gasteiger partial charge in [-0.25, -0.2) is 4.79 Å². The Balaban J connectivity index is 2.14. The van der Waals surface area contributed by atoms with Gasteiger partial charge in [0.2, 0.25) is 0 Å². The van der Waals surface area contributed by atoms with Crippen molar-refractivity contribution in [2.24, 2.45) is 0 Å². The lowest BCUT2D eigenvalue weighted by molar-refractivity contribution is -0.131. The molecule has 0 aromatic heterocycles. The third-order valence-electron chi connectivity index (χ3n) is 3.19. The van der Waals surface area contributed by atoms with Crippen molar-refractivity contribution in [3.05, 3.63) is 41.5 Å². The molecule has 3 heteroatoms. The number of benzene rings is 1. The summed E-state index contributed by atoms with van der Waals surface area (Å²) in [6.07, 6.45) is 4.01. The number of carbonyl (C=O) groups is 1. The van der Waals surface area contributed by atoms with Crippen LogP contribution in [0.3, 0.4) is 0 Å². The maximum Gasteiger partial charge on any atom is 0.328 e. The van der Waals surface area contributed by atoms with Crippen LogP contribution < -0.4 is 0 Å². The van der Waals surface area contributed by atoms with Crippen LogP contribution >= 0.6 is 0 Å². The van der Waals surface area contributed by atoms with Gasteiger partial charge in [-0.05, 0) is 43.1 Å². The van der Waals surface area contributed by atoms with E-state index in [1.165, 1.54) is 18.1 Å². The summed E-state index contributed by atoms with van der Waals surface area (Å²) in [5.41, 5.74) is 2.27. The van der Waals surface area contributed by atoms with Crippen molar-refractivity contribution in [3.63, 3.8) is 0 Å². The lowest BCUT2D eigenvalue weighted by Gasteiger charge is -2.11. The summed E-state index contributed by atoms with van der Waals surface area (Å²) in [4.78, 5) is 12.8. The number of rotatable bonds is 3. The van der Waals surface area contributed by atoms with Crippen LogP contribution in [-0.2, 0) is 4.79 Å². The van der Waals surface area contributed by atoms with Crippen LogP contribution in [0.1, 0.15) is 23.5 Å². The van der Waals surface area contributed by atoms with E-state index in [0.29, 0.717) is 5.92 Å². The smallest absolute Gasteiger partial charge is 0.328 e. The Hall–Kier alpha value is -1.61. The molecule has 0 bridgehead atoms. The van der Waals surface area contributed by atoms with E-state index in [2.05, 4.69) is 24.1 Å². The highest BCUT2D eigenvalue weighted by atomic mass is 16.4. The number of aliphatic carboxylic acids is 1. The summed E-state index contributed by atoms with van der Waals surface area (Å²) in [7, 11) is 2.13. The van der Waals surface area contributed by atoms with Crippen molar-refractivity contribution >= 4 is 12.0 Å². The largest absolute Gasteiger partial charge is 0.478 e. The molecule has 1 aliphatic heterocycles. The Morgan fingerprint density at radius 2 is 2.35 bits per heavy atom. The molecule has 0 spiro atoms. The average Bonchev–Trinajstić information content (AvgIpc) is 2.74. The van der Waals surface area contributed by atoms with Gasteiger partial charge in [0.15, 0.2) is 0 Å². The van der Waals surface area contributed by atoms with Gasteiger partial charge in [0.25, 0.3) is 0 Å². The zero-order valence-corrected chi connectivity index (χ0v) is 9.97. The van der Waals surface area contributed by atoms with Gasteiger partial charge < -0.3 is 10.0 Å². The fourth-order valence-electron chi connectivity index (χ4n) is 2.29. The number of hydrogen-bond donors (Lipinski definition) is 1. The molecule has 0 amide bonds.